The Kier molecular flexibility index (Phi) is 5.36. The quantitative estimate of drug-likeness (QED) is 0.678. The summed E-state index contributed by atoms with van der Waals surface area (Å²) in [5.74, 6) is -1.41. The van der Waals surface area contributed by atoms with Crippen LogP contribution in [0.4, 0.5) is 5.69 Å². The number of carboxylic acids is 1. The molecule has 104 valence electrons. The van der Waals surface area contributed by atoms with Gasteiger partial charge in [0.25, 0.3) is 0 Å². The number of anilines is 1. The van der Waals surface area contributed by atoms with Crippen LogP contribution < -0.4 is 11.1 Å². The molecule has 1 aromatic carbocycles. The van der Waals surface area contributed by atoms with E-state index in [1.165, 1.54) is 0 Å². The number of nitrogens with one attached hydrogen (secondary N) is 1. The second-order valence-corrected chi connectivity index (χ2v) is 4.87. The molecule has 0 aliphatic rings. The summed E-state index contributed by atoms with van der Waals surface area (Å²) in [6.45, 7) is 3.52. The van der Waals surface area contributed by atoms with E-state index in [4.69, 9.17) is 10.8 Å². The number of hydrogen-bond donors (Lipinski definition) is 3. The van der Waals surface area contributed by atoms with Gasteiger partial charge in [-0.3, -0.25) is 4.79 Å². The molecule has 4 N–H and O–H groups in total. The Morgan fingerprint density at radius 3 is 2.58 bits per heavy atom. The Balaban J connectivity index is 2.49. The molecule has 0 unspecified atom stereocenters. The van der Waals surface area contributed by atoms with Crippen molar-refractivity contribution in [3.05, 3.63) is 29.8 Å². The summed E-state index contributed by atoms with van der Waals surface area (Å²) in [5, 5.41) is 11.5. The molecule has 0 heterocycles. The first-order chi connectivity index (χ1) is 8.90. The van der Waals surface area contributed by atoms with E-state index in [9.17, 15) is 9.59 Å². The molecule has 5 nitrogen and oxygen atoms in total. The zero-order valence-corrected chi connectivity index (χ0v) is 11.2. The minimum Gasteiger partial charge on any atom is -0.480 e. The summed E-state index contributed by atoms with van der Waals surface area (Å²) in [6, 6.07) is 6.47. The third-order valence-corrected chi connectivity index (χ3v) is 2.84. The molecule has 1 aromatic rings. The van der Waals surface area contributed by atoms with Crippen LogP contribution in [0.3, 0.4) is 0 Å². The fourth-order valence-electron chi connectivity index (χ4n) is 1.77. The highest BCUT2D eigenvalue weighted by atomic mass is 16.4. The van der Waals surface area contributed by atoms with Crippen LogP contribution in [0.2, 0.25) is 0 Å². The number of nitrogens with two attached hydrogens (primary N) is 1. The second-order valence-electron chi connectivity index (χ2n) is 4.87. The highest BCUT2D eigenvalue weighted by Gasteiger charge is 2.22. The molecule has 1 amide bonds. The molecule has 0 aromatic heterocycles. The number of carbonyl (C=O) groups excluding carboxylic acids is 1. The lowest BCUT2D eigenvalue weighted by molar-refractivity contribution is -0.143. The van der Waals surface area contributed by atoms with Gasteiger partial charge in [-0.2, -0.15) is 0 Å². The highest BCUT2D eigenvalue weighted by Crippen LogP contribution is 2.09. The van der Waals surface area contributed by atoms with Gasteiger partial charge < -0.3 is 16.2 Å². The van der Waals surface area contributed by atoms with Gasteiger partial charge in [0.05, 0.1) is 0 Å². The minimum absolute atomic E-state index is 0.145. The van der Waals surface area contributed by atoms with Crippen LogP contribution in [0.1, 0.15) is 25.8 Å². The van der Waals surface area contributed by atoms with Crippen molar-refractivity contribution in [2.75, 3.05) is 5.73 Å². The van der Waals surface area contributed by atoms with Crippen molar-refractivity contribution in [3.8, 4) is 0 Å². The first kappa shape index (κ1) is 15.0. The number of carbonyl (C=O) groups is 2. The van der Waals surface area contributed by atoms with Gasteiger partial charge in [-0.05, 0) is 30.0 Å². The lowest BCUT2D eigenvalue weighted by Gasteiger charge is -2.17. The predicted molar refractivity (Wildman–Crippen MR) is 73.6 cm³/mol. The zero-order valence-electron chi connectivity index (χ0n) is 11.2. The second kappa shape index (κ2) is 6.78. The van der Waals surface area contributed by atoms with Gasteiger partial charge in [-0.25, -0.2) is 4.79 Å². The standard InChI is InChI=1S/C14H20N2O3/c1-9(2)13(14(18)19)16-12(17)7-6-10-4-3-5-11(15)8-10/h3-5,8-9,13H,6-7,15H2,1-2H3,(H,16,17)(H,18,19)/t13-/m1/s1. The van der Waals surface area contributed by atoms with E-state index in [1.54, 1.807) is 19.9 Å². The summed E-state index contributed by atoms with van der Waals surface area (Å²) >= 11 is 0. The lowest BCUT2D eigenvalue weighted by atomic mass is 10.0. The van der Waals surface area contributed by atoms with E-state index in [2.05, 4.69) is 5.32 Å². The van der Waals surface area contributed by atoms with Gasteiger partial charge in [-0.1, -0.05) is 26.0 Å². The van der Waals surface area contributed by atoms with Crippen molar-refractivity contribution in [1.82, 2.24) is 5.32 Å². The molecule has 1 atom stereocenters. The van der Waals surface area contributed by atoms with Crippen molar-refractivity contribution in [3.63, 3.8) is 0 Å². The van der Waals surface area contributed by atoms with E-state index < -0.39 is 12.0 Å². The number of hydrogen-bond acceptors (Lipinski definition) is 3. The average molecular weight is 264 g/mol. The van der Waals surface area contributed by atoms with Crippen LogP contribution >= 0.6 is 0 Å². The molecule has 19 heavy (non-hydrogen) atoms. The van der Waals surface area contributed by atoms with Crippen LogP contribution in [0.15, 0.2) is 24.3 Å². The summed E-state index contributed by atoms with van der Waals surface area (Å²) in [7, 11) is 0. The van der Waals surface area contributed by atoms with E-state index in [0.29, 0.717) is 12.1 Å². The van der Waals surface area contributed by atoms with Gasteiger partial charge in [0.1, 0.15) is 6.04 Å². The van der Waals surface area contributed by atoms with Crippen molar-refractivity contribution in [1.29, 1.82) is 0 Å². The summed E-state index contributed by atoms with van der Waals surface area (Å²) in [5.41, 5.74) is 7.27. The third-order valence-electron chi connectivity index (χ3n) is 2.84. The fourth-order valence-corrected chi connectivity index (χ4v) is 1.77. The molecule has 0 saturated carbocycles. The number of carboxylic acid groups (broad SMARTS) is 1. The molecule has 1 rings (SSSR count). The van der Waals surface area contributed by atoms with Gasteiger partial charge in [0.2, 0.25) is 5.91 Å². The molecule has 0 saturated heterocycles. The van der Waals surface area contributed by atoms with Crippen molar-refractivity contribution in [2.24, 2.45) is 5.92 Å². The number of benzene rings is 1. The molecule has 0 radical (unpaired) electrons. The van der Waals surface area contributed by atoms with Crippen LogP contribution in [0.5, 0.6) is 0 Å². The van der Waals surface area contributed by atoms with Crippen molar-refractivity contribution < 1.29 is 14.7 Å². The number of amides is 1. The maximum atomic E-state index is 11.7. The van der Waals surface area contributed by atoms with Crippen molar-refractivity contribution >= 4 is 17.6 Å². The number of aryl methyl sites for hydroxylation is 1. The normalized spacial score (nSPS) is 12.2. The Morgan fingerprint density at radius 2 is 2.05 bits per heavy atom. The van der Waals surface area contributed by atoms with Gasteiger partial charge >= 0.3 is 5.97 Å². The molecule has 5 heteroatoms. The monoisotopic (exact) mass is 264 g/mol. The number of aliphatic carboxylic acids is 1. The van der Waals surface area contributed by atoms with Crippen LogP contribution in [-0.2, 0) is 16.0 Å². The summed E-state index contributed by atoms with van der Waals surface area (Å²) in [6.07, 6.45) is 0.793. The Labute approximate surface area is 112 Å². The first-order valence-corrected chi connectivity index (χ1v) is 6.26. The van der Waals surface area contributed by atoms with E-state index >= 15 is 0 Å². The molecular weight excluding hydrogens is 244 g/mol. The first-order valence-electron chi connectivity index (χ1n) is 6.26. The summed E-state index contributed by atoms with van der Waals surface area (Å²) in [4.78, 5) is 22.7. The smallest absolute Gasteiger partial charge is 0.326 e. The molecule has 0 bridgehead atoms. The van der Waals surface area contributed by atoms with Crippen LogP contribution in [-0.4, -0.2) is 23.0 Å². The van der Waals surface area contributed by atoms with Crippen molar-refractivity contribution in [2.45, 2.75) is 32.7 Å². The largest absolute Gasteiger partial charge is 0.480 e. The predicted octanol–water partition coefficient (Wildman–Crippen LogP) is 1.43. The maximum absolute atomic E-state index is 11.7. The Bertz CT molecular complexity index is 458. The fraction of sp³-hybridized carbons (Fsp3) is 0.429. The van der Waals surface area contributed by atoms with E-state index in [1.807, 2.05) is 18.2 Å². The molecular formula is C14H20N2O3. The van der Waals surface area contributed by atoms with Crippen LogP contribution in [0, 0.1) is 5.92 Å². The number of nitrogen functional groups attached to an aromatic ring is 1. The van der Waals surface area contributed by atoms with Crippen LogP contribution in [0.25, 0.3) is 0 Å². The third kappa shape index (κ3) is 4.99. The van der Waals surface area contributed by atoms with E-state index in [-0.39, 0.29) is 18.2 Å². The van der Waals surface area contributed by atoms with Gasteiger partial charge in [-0.15, -0.1) is 0 Å². The molecule has 0 aliphatic heterocycles. The summed E-state index contributed by atoms with van der Waals surface area (Å²) < 4.78 is 0. The highest BCUT2D eigenvalue weighted by molar-refractivity contribution is 5.83. The SMILES string of the molecule is CC(C)[C@@H](NC(=O)CCc1cccc(N)c1)C(=O)O. The lowest BCUT2D eigenvalue weighted by Crippen LogP contribution is -2.44. The molecule has 0 spiro atoms. The average Bonchev–Trinajstić information content (AvgIpc) is 2.32. The number of rotatable bonds is 6. The topological polar surface area (TPSA) is 92.4 Å². The van der Waals surface area contributed by atoms with Gasteiger partial charge in [0.15, 0.2) is 0 Å². The zero-order chi connectivity index (χ0) is 14.4. The van der Waals surface area contributed by atoms with E-state index in [0.717, 1.165) is 5.56 Å². The minimum atomic E-state index is -1.01. The maximum Gasteiger partial charge on any atom is 0.326 e. The molecule has 0 aliphatic carbocycles. The Hall–Kier alpha value is -2.04. The Morgan fingerprint density at radius 1 is 1.37 bits per heavy atom. The van der Waals surface area contributed by atoms with Gasteiger partial charge in [0, 0.05) is 12.1 Å². The molecule has 0 fully saturated rings.